The van der Waals surface area contributed by atoms with Gasteiger partial charge in [0.15, 0.2) is 15.6 Å². The highest BCUT2D eigenvalue weighted by Gasteiger charge is 2.42. The Bertz CT molecular complexity index is 899. The molecule has 1 aliphatic carbocycles. The molecule has 2 heterocycles. The molecule has 24 heavy (non-hydrogen) atoms. The molecule has 1 aromatic rings. The molecule has 1 unspecified atom stereocenters. The van der Waals surface area contributed by atoms with Gasteiger partial charge in [0.1, 0.15) is 0 Å². The van der Waals surface area contributed by atoms with Crippen LogP contribution >= 0.6 is 11.6 Å². The van der Waals surface area contributed by atoms with Crippen molar-refractivity contribution in [2.24, 2.45) is 0 Å². The first-order chi connectivity index (χ1) is 11.5. The van der Waals surface area contributed by atoms with Gasteiger partial charge in [-0.15, -0.1) is 0 Å². The number of nitrogens with one attached hydrogen (secondary N) is 1. The molecule has 126 valence electrons. The van der Waals surface area contributed by atoms with Crippen molar-refractivity contribution in [2.75, 3.05) is 5.75 Å². The Hall–Kier alpha value is -1.59. The zero-order valence-electron chi connectivity index (χ0n) is 13.1. The number of ketones is 1. The van der Waals surface area contributed by atoms with Gasteiger partial charge in [-0.05, 0) is 43.4 Å². The van der Waals surface area contributed by atoms with Gasteiger partial charge >= 0.3 is 0 Å². The molecule has 2 aliphatic heterocycles. The molecule has 6 heteroatoms. The molecule has 0 amide bonds. The number of rotatable bonds is 1. The summed E-state index contributed by atoms with van der Waals surface area (Å²) in [5.74, 6) is -0.337. The van der Waals surface area contributed by atoms with E-state index < -0.39 is 15.8 Å². The number of hydrogen-bond acceptors (Lipinski definition) is 4. The molecule has 0 saturated heterocycles. The molecular weight excluding hydrogens is 346 g/mol. The molecule has 1 N–H and O–H groups in total. The molecule has 4 nitrogen and oxygen atoms in total. The minimum absolute atomic E-state index is 0.0426. The monoisotopic (exact) mass is 363 g/mol. The first-order valence-electron chi connectivity index (χ1n) is 8.22. The number of sulfone groups is 1. The maximum absolute atomic E-state index is 12.8. The van der Waals surface area contributed by atoms with Crippen molar-refractivity contribution < 1.29 is 13.2 Å². The van der Waals surface area contributed by atoms with Crippen molar-refractivity contribution >= 4 is 27.2 Å². The van der Waals surface area contributed by atoms with Crippen LogP contribution in [0.4, 0.5) is 0 Å². The summed E-state index contributed by atoms with van der Waals surface area (Å²) in [6, 6.07) is 7.21. The Balaban J connectivity index is 1.97. The van der Waals surface area contributed by atoms with Gasteiger partial charge in [0.25, 0.3) is 0 Å². The molecule has 0 aromatic heterocycles. The number of halogens is 1. The second-order valence-corrected chi connectivity index (χ2v) is 9.06. The summed E-state index contributed by atoms with van der Waals surface area (Å²) in [7, 11) is -3.38. The highest BCUT2D eigenvalue weighted by atomic mass is 35.5. The minimum Gasteiger partial charge on any atom is -0.361 e. The van der Waals surface area contributed by atoms with Crippen LogP contribution in [0.5, 0.6) is 0 Å². The first-order valence-corrected chi connectivity index (χ1v) is 10.2. The van der Waals surface area contributed by atoms with Gasteiger partial charge in [-0.1, -0.05) is 23.7 Å². The molecule has 0 radical (unpaired) electrons. The van der Waals surface area contributed by atoms with E-state index in [9.17, 15) is 13.2 Å². The standard InChI is InChI=1S/C18H18ClNO3S/c19-12-5-1-4-11(10-12)16-17-13(6-2-8-15(17)21)20-14-7-3-9-24(22,23)18(14)16/h1,4-5,10,16,20H,2-3,6-9H2. The summed E-state index contributed by atoms with van der Waals surface area (Å²) < 4.78 is 25.6. The van der Waals surface area contributed by atoms with Crippen molar-refractivity contribution in [3.8, 4) is 0 Å². The Morgan fingerprint density at radius 2 is 1.88 bits per heavy atom. The predicted molar refractivity (Wildman–Crippen MR) is 93.3 cm³/mol. The summed E-state index contributed by atoms with van der Waals surface area (Å²) in [6.45, 7) is 0. The van der Waals surface area contributed by atoms with E-state index in [4.69, 9.17) is 11.6 Å². The zero-order valence-corrected chi connectivity index (χ0v) is 14.7. The van der Waals surface area contributed by atoms with E-state index >= 15 is 0 Å². The third-order valence-corrected chi connectivity index (χ3v) is 7.18. The summed E-state index contributed by atoms with van der Waals surface area (Å²) >= 11 is 6.14. The third-order valence-electron chi connectivity index (χ3n) is 4.96. The molecule has 1 atom stereocenters. The van der Waals surface area contributed by atoms with Gasteiger partial charge in [0.05, 0.1) is 16.6 Å². The summed E-state index contributed by atoms with van der Waals surface area (Å²) in [5, 5.41) is 3.83. The van der Waals surface area contributed by atoms with Gasteiger partial charge in [-0.2, -0.15) is 0 Å². The van der Waals surface area contributed by atoms with E-state index in [1.54, 1.807) is 12.1 Å². The lowest BCUT2D eigenvalue weighted by Crippen LogP contribution is -2.37. The van der Waals surface area contributed by atoms with Gasteiger partial charge < -0.3 is 5.32 Å². The van der Waals surface area contributed by atoms with Crippen LogP contribution in [-0.2, 0) is 14.6 Å². The molecule has 0 bridgehead atoms. The summed E-state index contributed by atoms with van der Waals surface area (Å²) in [4.78, 5) is 13.0. The number of allylic oxidation sites excluding steroid dienone is 4. The average molecular weight is 364 g/mol. The highest BCUT2D eigenvalue weighted by Crippen LogP contribution is 2.46. The van der Waals surface area contributed by atoms with Gasteiger partial charge in [0.2, 0.25) is 0 Å². The van der Waals surface area contributed by atoms with E-state index in [0.717, 1.165) is 29.8 Å². The third kappa shape index (κ3) is 2.50. The molecule has 1 aromatic carbocycles. The number of Topliss-reactive ketones (excluding diaryl/α,β-unsaturated/α-hetero) is 1. The van der Waals surface area contributed by atoms with Crippen molar-refractivity contribution in [1.29, 1.82) is 0 Å². The normalized spacial score (nSPS) is 25.9. The first kappa shape index (κ1) is 15.9. The number of hydrogen-bond donors (Lipinski definition) is 1. The molecule has 4 rings (SSSR count). The summed E-state index contributed by atoms with van der Waals surface area (Å²) in [5.41, 5.74) is 3.06. The van der Waals surface area contributed by atoms with E-state index in [1.165, 1.54) is 0 Å². The van der Waals surface area contributed by atoms with Gasteiger partial charge in [-0.25, -0.2) is 8.42 Å². The van der Waals surface area contributed by atoms with Crippen LogP contribution in [-0.4, -0.2) is 20.0 Å². The van der Waals surface area contributed by atoms with Gasteiger partial charge in [0, 0.05) is 28.4 Å². The van der Waals surface area contributed by atoms with Crippen LogP contribution in [0.1, 0.15) is 43.6 Å². The van der Waals surface area contributed by atoms with Crippen LogP contribution in [0, 0.1) is 0 Å². The van der Waals surface area contributed by atoms with Gasteiger partial charge in [-0.3, -0.25) is 4.79 Å². The van der Waals surface area contributed by atoms with Crippen LogP contribution in [0.25, 0.3) is 0 Å². The number of benzene rings is 1. The second-order valence-electron chi connectivity index (χ2n) is 6.55. The fourth-order valence-corrected chi connectivity index (χ4v) is 6.07. The topological polar surface area (TPSA) is 63.2 Å². The van der Waals surface area contributed by atoms with Crippen LogP contribution in [0.15, 0.2) is 46.1 Å². The average Bonchev–Trinajstić information content (AvgIpc) is 2.53. The summed E-state index contributed by atoms with van der Waals surface area (Å²) in [6.07, 6.45) is 3.39. The van der Waals surface area contributed by atoms with Crippen molar-refractivity contribution in [2.45, 2.75) is 38.0 Å². The highest BCUT2D eigenvalue weighted by molar-refractivity contribution is 7.95. The lowest BCUT2D eigenvalue weighted by molar-refractivity contribution is -0.116. The van der Waals surface area contributed by atoms with E-state index in [0.29, 0.717) is 34.8 Å². The van der Waals surface area contributed by atoms with Crippen LogP contribution in [0.3, 0.4) is 0 Å². The molecule has 0 fully saturated rings. The number of carbonyl (C=O) groups is 1. The number of carbonyl (C=O) groups excluding carboxylic acids is 1. The fourth-order valence-electron chi connectivity index (χ4n) is 3.98. The van der Waals surface area contributed by atoms with Crippen molar-refractivity contribution in [3.63, 3.8) is 0 Å². The number of dihydropyridines is 1. The van der Waals surface area contributed by atoms with Crippen molar-refractivity contribution in [3.05, 3.63) is 56.7 Å². The Morgan fingerprint density at radius 3 is 2.67 bits per heavy atom. The Labute approximate surface area is 146 Å². The minimum atomic E-state index is -3.38. The fraction of sp³-hybridized carbons (Fsp3) is 0.389. The van der Waals surface area contributed by atoms with Crippen LogP contribution < -0.4 is 5.32 Å². The molecule has 0 spiro atoms. The lowest BCUT2D eigenvalue weighted by Gasteiger charge is -2.37. The lowest BCUT2D eigenvalue weighted by atomic mass is 9.79. The molecular formula is C18H18ClNO3S. The van der Waals surface area contributed by atoms with Crippen molar-refractivity contribution in [1.82, 2.24) is 5.32 Å². The van der Waals surface area contributed by atoms with E-state index in [2.05, 4.69) is 5.32 Å². The quantitative estimate of drug-likeness (QED) is 0.830. The predicted octanol–water partition coefficient (Wildman–Crippen LogP) is 3.45. The zero-order chi connectivity index (χ0) is 16.9. The Kier molecular flexibility index (Phi) is 3.81. The maximum Gasteiger partial charge on any atom is 0.177 e. The Morgan fingerprint density at radius 1 is 1.08 bits per heavy atom. The SMILES string of the molecule is O=C1CCCC2=C1C(c1cccc(Cl)c1)C1=C(CCCS1(=O)=O)N2. The molecule has 3 aliphatic rings. The van der Waals surface area contributed by atoms with Crippen LogP contribution in [0.2, 0.25) is 5.02 Å². The molecule has 0 saturated carbocycles. The smallest absolute Gasteiger partial charge is 0.177 e. The second kappa shape index (κ2) is 5.74. The maximum atomic E-state index is 12.8. The van der Waals surface area contributed by atoms with E-state index in [-0.39, 0.29) is 11.5 Å². The largest absolute Gasteiger partial charge is 0.361 e. The van der Waals surface area contributed by atoms with E-state index in [1.807, 2.05) is 12.1 Å².